The summed E-state index contributed by atoms with van der Waals surface area (Å²) in [4.78, 5) is 14.9. The van der Waals surface area contributed by atoms with E-state index in [1.54, 1.807) is 6.07 Å². The number of hydrogen-bond donors (Lipinski definition) is 2. The van der Waals surface area contributed by atoms with Gasteiger partial charge in [-0.15, -0.1) is 0 Å². The minimum atomic E-state index is -1.13. The van der Waals surface area contributed by atoms with E-state index in [1.165, 1.54) is 11.6 Å². The third kappa shape index (κ3) is 3.45. The number of hydrogen-bond acceptors (Lipinski definition) is 3. The molecule has 0 radical (unpaired) electrons. The Morgan fingerprint density at radius 1 is 1.37 bits per heavy atom. The van der Waals surface area contributed by atoms with Gasteiger partial charge in [0, 0.05) is 6.54 Å². The Hall–Kier alpha value is -2.07. The van der Waals surface area contributed by atoms with E-state index in [2.05, 4.69) is 16.4 Å². The summed E-state index contributed by atoms with van der Waals surface area (Å²) in [5, 5.41) is 12.1. The molecule has 98 valence electrons. The van der Waals surface area contributed by atoms with Gasteiger partial charge in [0.05, 0.1) is 5.02 Å². The van der Waals surface area contributed by atoms with Crippen LogP contribution in [0.25, 0.3) is 0 Å². The highest BCUT2D eigenvalue weighted by atomic mass is 35.5. The maximum absolute atomic E-state index is 10.9. The molecule has 0 amide bonds. The molecule has 0 aliphatic carbocycles. The summed E-state index contributed by atoms with van der Waals surface area (Å²) in [6.45, 7) is 2.60. The standard InChI is InChI=1S/C14H13ClN2O2/c1-9-3-2-4-10(7-9)8-16-12-6-5-11(15)13(17-12)14(18)19/h2-7H,8H2,1H3,(H,16,17)(H,18,19). The molecule has 0 aliphatic rings. The fourth-order valence-corrected chi connectivity index (χ4v) is 1.89. The number of nitrogens with zero attached hydrogens (tertiary/aromatic N) is 1. The van der Waals surface area contributed by atoms with E-state index in [0.29, 0.717) is 12.4 Å². The number of anilines is 1. The summed E-state index contributed by atoms with van der Waals surface area (Å²) < 4.78 is 0. The van der Waals surface area contributed by atoms with Gasteiger partial charge in [-0.3, -0.25) is 0 Å². The largest absolute Gasteiger partial charge is 0.476 e. The van der Waals surface area contributed by atoms with E-state index in [4.69, 9.17) is 16.7 Å². The molecule has 1 aromatic carbocycles. The van der Waals surface area contributed by atoms with Crippen LogP contribution in [-0.2, 0) is 6.54 Å². The zero-order valence-electron chi connectivity index (χ0n) is 10.4. The number of carboxylic acid groups (broad SMARTS) is 1. The molecule has 0 bridgehead atoms. The van der Waals surface area contributed by atoms with Gasteiger partial charge in [0.25, 0.3) is 0 Å². The minimum absolute atomic E-state index is 0.133. The average molecular weight is 277 g/mol. The number of aromatic carboxylic acids is 1. The molecule has 0 saturated carbocycles. The molecule has 1 heterocycles. The molecular weight excluding hydrogens is 264 g/mol. The second kappa shape index (κ2) is 5.71. The van der Waals surface area contributed by atoms with Crippen molar-refractivity contribution >= 4 is 23.4 Å². The van der Waals surface area contributed by atoms with Crippen molar-refractivity contribution in [1.29, 1.82) is 0 Å². The molecule has 2 rings (SSSR count). The van der Waals surface area contributed by atoms with Crippen molar-refractivity contribution in [2.24, 2.45) is 0 Å². The number of carboxylic acids is 1. The predicted molar refractivity (Wildman–Crippen MR) is 74.7 cm³/mol. The molecule has 0 fully saturated rings. The van der Waals surface area contributed by atoms with Crippen molar-refractivity contribution in [3.63, 3.8) is 0 Å². The fraction of sp³-hybridized carbons (Fsp3) is 0.143. The number of rotatable bonds is 4. The molecule has 0 spiro atoms. The van der Waals surface area contributed by atoms with Gasteiger partial charge in [-0.1, -0.05) is 41.4 Å². The van der Waals surface area contributed by atoms with Crippen molar-refractivity contribution in [3.05, 3.63) is 58.2 Å². The van der Waals surface area contributed by atoms with Gasteiger partial charge < -0.3 is 10.4 Å². The summed E-state index contributed by atoms with van der Waals surface area (Å²) in [7, 11) is 0. The molecule has 5 heteroatoms. The molecule has 0 saturated heterocycles. The van der Waals surface area contributed by atoms with Crippen LogP contribution in [0.1, 0.15) is 21.6 Å². The topological polar surface area (TPSA) is 62.2 Å². The van der Waals surface area contributed by atoms with Crippen LogP contribution >= 0.6 is 11.6 Å². The van der Waals surface area contributed by atoms with Crippen LogP contribution in [0.2, 0.25) is 5.02 Å². The van der Waals surface area contributed by atoms with E-state index < -0.39 is 5.97 Å². The van der Waals surface area contributed by atoms with Gasteiger partial charge in [-0.2, -0.15) is 0 Å². The number of halogens is 1. The Morgan fingerprint density at radius 3 is 2.84 bits per heavy atom. The Morgan fingerprint density at radius 2 is 2.16 bits per heavy atom. The Bertz CT molecular complexity index is 614. The quantitative estimate of drug-likeness (QED) is 0.899. The van der Waals surface area contributed by atoms with Crippen LogP contribution in [0.15, 0.2) is 36.4 Å². The van der Waals surface area contributed by atoms with Crippen molar-refractivity contribution < 1.29 is 9.90 Å². The van der Waals surface area contributed by atoms with E-state index >= 15 is 0 Å². The Kier molecular flexibility index (Phi) is 4.02. The number of aryl methyl sites for hydroxylation is 1. The lowest BCUT2D eigenvalue weighted by Crippen LogP contribution is -2.06. The molecular formula is C14H13ClN2O2. The maximum Gasteiger partial charge on any atom is 0.356 e. The molecule has 4 nitrogen and oxygen atoms in total. The molecule has 0 aliphatic heterocycles. The Balaban J connectivity index is 2.12. The van der Waals surface area contributed by atoms with E-state index in [0.717, 1.165) is 5.56 Å². The van der Waals surface area contributed by atoms with Crippen LogP contribution in [0.4, 0.5) is 5.82 Å². The Labute approximate surface area is 116 Å². The highest BCUT2D eigenvalue weighted by Gasteiger charge is 2.11. The van der Waals surface area contributed by atoms with Crippen LogP contribution in [0.3, 0.4) is 0 Å². The third-order valence-electron chi connectivity index (χ3n) is 2.60. The lowest BCUT2D eigenvalue weighted by atomic mass is 10.1. The maximum atomic E-state index is 10.9. The fourth-order valence-electron chi connectivity index (χ4n) is 1.71. The summed E-state index contributed by atoms with van der Waals surface area (Å²) in [6, 6.07) is 11.2. The van der Waals surface area contributed by atoms with Gasteiger partial charge in [0.1, 0.15) is 5.82 Å². The van der Waals surface area contributed by atoms with E-state index in [1.807, 2.05) is 25.1 Å². The van der Waals surface area contributed by atoms with Crippen LogP contribution < -0.4 is 5.32 Å². The van der Waals surface area contributed by atoms with Crippen molar-refractivity contribution in [1.82, 2.24) is 4.98 Å². The first-order chi connectivity index (χ1) is 9.06. The van der Waals surface area contributed by atoms with Crippen molar-refractivity contribution in [2.75, 3.05) is 5.32 Å². The number of carbonyl (C=O) groups is 1. The number of benzene rings is 1. The van der Waals surface area contributed by atoms with Gasteiger partial charge in [0.2, 0.25) is 0 Å². The molecule has 0 atom stereocenters. The summed E-state index contributed by atoms with van der Waals surface area (Å²) in [6.07, 6.45) is 0. The van der Waals surface area contributed by atoms with Crippen LogP contribution in [0, 0.1) is 6.92 Å². The predicted octanol–water partition coefficient (Wildman–Crippen LogP) is 3.35. The highest BCUT2D eigenvalue weighted by molar-refractivity contribution is 6.33. The molecule has 2 aromatic rings. The van der Waals surface area contributed by atoms with E-state index in [-0.39, 0.29) is 10.7 Å². The highest BCUT2D eigenvalue weighted by Crippen LogP contribution is 2.17. The van der Waals surface area contributed by atoms with Crippen molar-refractivity contribution in [3.8, 4) is 0 Å². The summed E-state index contributed by atoms with van der Waals surface area (Å²) in [5.74, 6) is -0.646. The third-order valence-corrected chi connectivity index (χ3v) is 2.91. The lowest BCUT2D eigenvalue weighted by molar-refractivity contribution is 0.0691. The normalized spacial score (nSPS) is 10.2. The van der Waals surface area contributed by atoms with Gasteiger partial charge in [-0.05, 0) is 24.6 Å². The van der Waals surface area contributed by atoms with Crippen LogP contribution in [-0.4, -0.2) is 16.1 Å². The zero-order valence-corrected chi connectivity index (χ0v) is 11.1. The van der Waals surface area contributed by atoms with Gasteiger partial charge >= 0.3 is 5.97 Å². The second-order valence-corrected chi connectivity index (χ2v) is 4.58. The molecule has 2 N–H and O–H groups in total. The first-order valence-electron chi connectivity index (χ1n) is 5.75. The lowest BCUT2D eigenvalue weighted by Gasteiger charge is -2.07. The van der Waals surface area contributed by atoms with Crippen molar-refractivity contribution in [2.45, 2.75) is 13.5 Å². The SMILES string of the molecule is Cc1cccc(CNc2ccc(Cl)c(C(=O)O)n2)c1. The molecule has 1 aromatic heterocycles. The first-order valence-corrected chi connectivity index (χ1v) is 6.13. The zero-order chi connectivity index (χ0) is 13.8. The second-order valence-electron chi connectivity index (χ2n) is 4.17. The minimum Gasteiger partial charge on any atom is -0.476 e. The van der Waals surface area contributed by atoms with Gasteiger partial charge in [-0.25, -0.2) is 9.78 Å². The summed E-state index contributed by atoms with van der Waals surface area (Å²) >= 11 is 5.76. The first kappa shape index (κ1) is 13.4. The van der Waals surface area contributed by atoms with E-state index in [9.17, 15) is 4.79 Å². The summed E-state index contributed by atoms with van der Waals surface area (Å²) in [5.41, 5.74) is 2.14. The average Bonchev–Trinajstić information content (AvgIpc) is 2.37. The monoisotopic (exact) mass is 276 g/mol. The number of pyridine rings is 1. The smallest absolute Gasteiger partial charge is 0.356 e. The number of aromatic nitrogens is 1. The van der Waals surface area contributed by atoms with Gasteiger partial charge in [0.15, 0.2) is 5.69 Å². The number of nitrogens with one attached hydrogen (secondary N) is 1. The van der Waals surface area contributed by atoms with Crippen LogP contribution in [0.5, 0.6) is 0 Å². The molecule has 19 heavy (non-hydrogen) atoms. The molecule has 0 unspecified atom stereocenters.